The van der Waals surface area contributed by atoms with Crippen LogP contribution < -0.4 is 0 Å². The Morgan fingerprint density at radius 3 is 2.60 bits per heavy atom. The molecule has 2 aliphatic rings. The monoisotopic (exact) mass is 204 g/mol. The van der Waals surface area contributed by atoms with E-state index in [-0.39, 0.29) is 0 Å². The highest BCUT2D eigenvalue weighted by atomic mass is 79.9. The number of hydrogen-bond donors (Lipinski definition) is 0. The molecule has 1 aliphatic carbocycles. The maximum Gasteiger partial charge on any atom is 0.0678 e. The van der Waals surface area contributed by atoms with Gasteiger partial charge in [0.1, 0.15) is 0 Å². The zero-order valence-corrected chi connectivity index (χ0v) is 7.86. The Kier molecular flexibility index (Phi) is 1.57. The summed E-state index contributed by atoms with van der Waals surface area (Å²) in [6.07, 6.45) is 3.19. The van der Waals surface area contributed by atoms with Crippen LogP contribution in [0.5, 0.6) is 0 Å². The van der Waals surface area contributed by atoms with Crippen molar-refractivity contribution in [3.05, 3.63) is 0 Å². The van der Waals surface area contributed by atoms with Crippen LogP contribution in [-0.4, -0.2) is 18.0 Å². The first-order valence-corrected chi connectivity index (χ1v) is 5.06. The summed E-state index contributed by atoms with van der Waals surface area (Å²) in [5.41, 5.74) is 0.623. The third kappa shape index (κ3) is 0.928. The van der Waals surface area contributed by atoms with E-state index in [0.29, 0.717) is 11.5 Å². The van der Waals surface area contributed by atoms with Crippen molar-refractivity contribution < 1.29 is 4.74 Å². The standard InChI is InChI=1S/C8H13BrO/c1-6-2-8(6)3-7(4-9)10-5-8/h6-7H,2-5H2,1H3/t6-,7+,8-/m1/s1. The van der Waals surface area contributed by atoms with Crippen LogP contribution in [0.3, 0.4) is 0 Å². The molecule has 1 aliphatic heterocycles. The zero-order valence-electron chi connectivity index (χ0n) is 6.27. The lowest BCUT2D eigenvalue weighted by molar-refractivity contribution is 0.121. The van der Waals surface area contributed by atoms with E-state index in [9.17, 15) is 0 Å². The Morgan fingerprint density at radius 2 is 2.30 bits per heavy atom. The highest BCUT2D eigenvalue weighted by molar-refractivity contribution is 9.09. The van der Waals surface area contributed by atoms with E-state index in [0.717, 1.165) is 17.9 Å². The first-order chi connectivity index (χ1) is 4.77. The second-order valence-electron chi connectivity index (χ2n) is 3.76. The molecule has 0 aromatic carbocycles. The fourth-order valence-corrected chi connectivity index (χ4v) is 2.41. The largest absolute Gasteiger partial charge is 0.377 e. The molecule has 2 heteroatoms. The van der Waals surface area contributed by atoms with Crippen LogP contribution in [0.25, 0.3) is 0 Å². The molecule has 1 heterocycles. The van der Waals surface area contributed by atoms with Gasteiger partial charge in [-0.2, -0.15) is 0 Å². The molecule has 0 radical (unpaired) electrons. The first-order valence-electron chi connectivity index (χ1n) is 3.94. The van der Waals surface area contributed by atoms with Gasteiger partial charge in [-0.1, -0.05) is 22.9 Å². The molecule has 1 saturated heterocycles. The fraction of sp³-hybridized carbons (Fsp3) is 1.00. The molecule has 0 aromatic rings. The van der Waals surface area contributed by atoms with Crippen LogP contribution in [0.4, 0.5) is 0 Å². The summed E-state index contributed by atoms with van der Waals surface area (Å²) < 4.78 is 5.60. The van der Waals surface area contributed by atoms with Gasteiger partial charge in [0, 0.05) is 5.33 Å². The minimum atomic E-state index is 0.505. The molecule has 1 saturated carbocycles. The second-order valence-corrected chi connectivity index (χ2v) is 4.41. The second kappa shape index (κ2) is 2.21. The minimum Gasteiger partial charge on any atom is -0.377 e. The van der Waals surface area contributed by atoms with Crippen LogP contribution >= 0.6 is 15.9 Å². The maximum absolute atomic E-state index is 5.60. The highest BCUT2D eigenvalue weighted by Crippen LogP contribution is 2.59. The van der Waals surface area contributed by atoms with Crippen molar-refractivity contribution in [2.45, 2.75) is 25.9 Å². The maximum atomic E-state index is 5.60. The van der Waals surface area contributed by atoms with Gasteiger partial charge >= 0.3 is 0 Å². The molecule has 1 nitrogen and oxygen atoms in total. The van der Waals surface area contributed by atoms with Gasteiger partial charge in [-0.3, -0.25) is 0 Å². The number of ether oxygens (including phenoxy) is 1. The van der Waals surface area contributed by atoms with Crippen molar-refractivity contribution in [1.29, 1.82) is 0 Å². The average molecular weight is 205 g/mol. The smallest absolute Gasteiger partial charge is 0.0678 e. The summed E-state index contributed by atoms with van der Waals surface area (Å²) in [5, 5.41) is 1.02. The summed E-state index contributed by atoms with van der Waals surface area (Å²) in [6, 6.07) is 0. The molecule has 0 bridgehead atoms. The van der Waals surface area contributed by atoms with Crippen molar-refractivity contribution in [3.63, 3.8) is 0 Å². The van der Waals surface area contributed by atoms with E-state index in [1.54, 1.807) is 0 Å². The van der Waals surface area contributed by atoms with Gasteiger partial charge in [-0.15, -0.1) is 0 Å². The molecule has 0 aromatic heterocycles. The normalized spacial score (nSPS) is 52.2. The lowest BCUT2D eigenvalue weighted by atomic mass is 10.0. The molecule has 10 heavy (non-hydrogen) atoms. The van der Waals surface area contributed by atoms with E-state index in [1.165, 1.54) is 12.8 Å². The topological polar surface area (TPSA) is 9.23 Å². The van der Waals surface area contributed by atoms with Gasteiger partial charge in [0.15, 0.2) is 0 Å². The summed E-state index contributed by atoms with van der Waals surface area (Å²) in [6.45, 7) is 3.35. The van der Waals surface area contributed by atoms with Gasteiger partial charge < -0.3 is 4.74 Å². The average Bonchev–Trinajstić information content (AvgIpc) is 2.43. The Morgan fingerprint density at radius 1 is 1.60 bits per heavy atom. The number of halogens is 1. The van der Waals surface area contributed by atoms with Crippen molar-refractivity contribution >= 4 is 15.9 Å². The molecule has 0 amide bonds. The zero-order chi connectivity index (χ0) is 7.19. The van der Waals surface area contributed by atoms with Gasteiger partial charge in [-0.05, 0) is 24.2 Å². The molecule has 58 valence electrons. The Hall–Kier alpha value is 0.440. The third-order valence-corrected chi connectivity index (χ3v) is 3.73. The van der Waals surface area contributed by atoms with Crippen LogP contribution in [0.2, 0.25) is 0 Å². The van der Waals surface area contributed by atoms with Gasteiger partial charge in [0.2, 0.25) is 0 Å². The summed E-state index contributed by atoms with van der Waals surface area (Å²) in [5.74, 6) is 0.927. The summed E-state index contributed by atoms with van der Waals surface area (Å²) >= 11 is 3.45. The van der Waals surface area contributed by atoms with Crippen LogP contribution in [0, 0.1) is 11.3 Å². The summed E-state index contributed by atoms with van der Waals surface area (Å²) in [7, 11) is 0. The number of hydrogen-bond acceptors (Lipinski definition) is 1. The first kappa shape index (κ1) is 7.11. The van der Waals surface area contributed by atoms with Crippen molar-refractivity contribution in [3.8, 4) is 0 Å². The van der Waals surface area contributed by atoms with E-state index in [4.69, 9.17) is 4.74 Å². The van der Waals surface area contributed by atoms with Gasteiger partial charge in [-0.25, -0.2) is 0 Å². The van der Waals surface area contributed by atoms with Crippen molar-refractivity contribution in [2.75, 3.05) is 11.9 Å². The third-order valence-electron chi connectivity index (χ3n) is 3.01. The molecule has 1 spiro atoms. The van der Waals surface area contributed by atoms with Crippen LogP contribution in [0.15, 0.2) is 0 Å². The molecule has 2 rings (SSSR count). The fourth-order valence-electron chi connectivity index (χ4n) is 1.99. The molecule has 0 N–H and O–H groups in total. The Bertz CT molecular complexity index is 148. The number of rotatable bonds is 1. The van der Waals surface area contributed by atoms with E-state index >= 15 is 0 Å². The van der Waals surface area contributed by atoms with Crippen LogP contribution in [-0.2, 0) is 4.74 Å². The minimum absolute atomic E-state index is 0.505. The lowest BCUT2D eigenvalue weighted by Gasteiger charge is -2.02. The van der Waals surface area contributed by atoms with Gasteiger partial charge in [0.05, 0.1) is 12.7 Å². The SMILES string of the molecule is C[C@@H]1C[C@@]12CO[C@H](CBr)C2. The molecule has 0 unspecified atom stereocenters. The van der Waals surface area contributed by atoms with E-state index in [1.807, 2.05) is 0 Å². The lowest BCUT2D eigenvalue weighted by Crippen LogP contribution is -2.06. The van der Waals surface area contributed by atoms with Crippen molar-refractivity contribution in [2.24, 2.45) is 11.3 Å². The molecule has 2 fully saturated rings. The van der Waals surface area contributed by atoms with Crippen LogP contribution in [0.1, 0.15) is 19.8 Å². The highest BCUT2D eigenvalue weighted by Gasteiger charge is 2.55. The van der Waals surface area contributed by atoms with E-state index < -0.39 is 0 Å². The molecular formula is C8H13BrO. The quantitative estimate of drug-likeness (QED) is 0.596. The van der Waals surface area contributed by atoms with Gasteiger partial charge in [0.25, 0.3) is 0 Å². The molecular weight excluding hydrogens is 192 g/mol. The summed E-state index contributed by atoms with van der Waals surface area (Å²) in [4.78, 5) is 0. The predicted octanol–water partition coefficient (Wildman–Crippen LogP) is 2.20. The Labute approximate surface area is 70.3 Å². The predicted molar refractivity (Wildman–Crippen MR) is 44.4 cm³/mol. The molecule has 3 atom stereocenters. The number of alkyl halides is 1. The Balaban J connectivity index is 1.95. The van der Waals surface area contributed by atoms with E-state index in [2.05, 4.69) is 22.9 Å². The van der Waals surface area contributed by atoms with Crippen molar-refractivity contribution in [1.82, 2.24) is 0 Å².